The molecule has 1 aromatic carbocycles. The Hall–Kier alpha value is -1.62. The summed E-state index contributed by atoms with van der Waals surface area (Å²) in [7, 11) is 0. The van der Waals surface area contributed by atoms with E-state index in [2.05, 4.69) is 5.43 Å². The smallest absolute Gasteiger partial charge is 0.181 e. The van der Waals surface area contributed by atoms with Crippen molar-refractivity contribution in [1.82, 2.24) is 5.43 Å². The number of para-hydroxylation sites is 1. The molecule has 0 bridgehead atoms. The lowest BCUT2D eigenvalue weighted by atomic mass is 10.2. The Morgan fingerprint density at radius 2 is 2.25 bits per heavy atom. The van der Waals surface area contributed by atoms with Gasteiger partial charge >= 0.3 is 0 Å². The Morgan fingerprint density at radius 1 is 1.50 bits per heavy atom. The SMILES string of the molecule is O=[N+]([O-])N1NCc2ccccc21. The minimum absolute atomic E-state index is 0.466. The second-order valence-corrected chi connectivity index (χ2v) is 2.51. The molecule has 0 unspecified atom stereocenters. The fourth-order valence-electron chi connectivity index (χ4n) is 1.26. The highest BCUT2D eigenvalue weighted by Gasteiger charge is 2.26. The van der Waals surface area contributed by atoms with Gasteiger partial charge < -0.3 is 0 Å². The van der Waals surface area contributed by atoms with Crippen LogP contribution in [0, 0.1) is 10.1 Å². The number of benzene rings is 1. The predicted molar refractivity (Wildman–Crippen MR) is 42.8 cm³/mol. The van der Waals surface area contributed by atoms with Crippen LogP contribution in [0.2, 0.25) is 0 Å². The van der Waals surface area contributed by atoms with E-state index in [1.54, 1.807) is 12.1 Å². The second-order valence-electron chi connectivity index (χ2n) is 2.51. The number of anilines is 1. The lowest BCUT2D eigenvalue weighted by Gasteiger charge is -2.05. The van der Waals surface area contributed by atoms with Crippen LogP contribution in [-0.4, -0.2) is 5.03 Å². The van der Waals surface area contributed by atoms with Crippen LogP contribution in [0.25, 0.3) is 0 Å². The number of hydrazine groups is 2. The predicted octanol–water partition coefficient (Wildman–Crippen LogP) is 0.703. The molecule has 0 aromatic heterocycles. The van der Waals surface area contributed by atoms with Gasteiger partial charge in [0.15, 0.2) is 5.03 Å². The van der Waals surface area contributed by atoms with Gasteiger partial charge in [-0.3, -0.25) is 0 Å². The fraction of sp³-hybridized carbons (Fsp3) is 0.143. The van der Waals surface area contributed by atoms with E-state index >= 15 is 0 Å². The van der Waals surface area contributed by atoms with E-state index in [1.165, 1.54) is 0 Å². The number of hydrogen-bond acceptors (Lipinski definition) is 3. The summed E-state index contributed by atoms with van der Waals surface area (Å²) in [6.07, 6.45) is 0. The fourth-order valence-corrected chi connectivity index (χ4v) is 1.26. The van der Waals surface area contributed by atoms with Crippen molar-refractivity contribution in [2.45, 2.75) is 6.54 Å². The number of fused-ring (bicyclic) bond motifs is 1. The molecule has 0 saturated heterocycles. The van der Waals surface area contributed by atoms with E-state index in [0.29, 0.717) is 12.2 Å². The summed E-state index contributed by atoms with van der Waals surface area (Å²) in [4.78, 5) is 10.4. The van der Waals surface area contributed by atoms with Crippen LogP contribution in [0.5, 0.6) is 0 Å². The van der Waals surface area contributed by atoms with Crippen molar-refractivity contribution < 1.29 is 5.03 Å². The van der Waals surface area contributed by atoms with Gasteiger partial charge in [-0.2, -0.15) is 5.43 Å². The van der Waals surface area contributed by atoms with Crippen LogP contribution < -0.4 is 10.5 Å². The molecule has 0 aliphatic carbocycles. The Balaban J connectivity index is 2.42. The molecular formula is C7H7N3O2. The Labute approximate surface area is 68.7 Å². The van der Waals surface area contributed by atoms with Gasteiger partial charge in [0.05, 0.1) is 0 Å². The summed E-state index contributed by atoms with van der Waals surface area (Å²) in [5.74, 6) is 0. The molecule has 0 fully saturated rings. The molecule has 1 heterocycles. The van der Waals surface area contributed by atoms with Gasteiger partial charge in [-0.05, 0) is 16.7 Å². The molecule has 1 aromatic rings. The maximum absolute atomic E-state index is 10.4. The standard InChI is InChI=1S/C7H7N3O2/c11-10(12)9-7-4-2-1-3-6(7)5-8-9/h1-4,8H,5H2. The zero-order valence-corrected chi connectivity index (χ0v) is 6.23. The normalized spacial score (nSPS) is 14.5. The van der Waals surface area contributed by atoms with Crippen molar-refractivity contribution in [2.75, 3.05) is 5.12 Å². The molecule has 62 valence electrons. The lowest BCUT2D eigenvalue weighted by molar-refractivity contribution is -0.502. The maximum atomic E-state index is 10.4. The maximum Gasteiger partial charge on any atom is 0.181 e. The van der Waals surface area contributed by atoms with Crippen molar-refractivity contribution >= 4 is 5.69 Å². The van der Waals surface area contributed by atoms with Crippen molar-refractivity contribution in [1.29, 1.82) is 0 Å². The quantitative estimate of drug-likeness (QED) is 0.491. The van der Waals surface area contributed by atoms with Crippen molar-refractivity contribution in [2.24, 2.45) is 0 Å². The third kappa shape index (κ3) is 0.911. The Kier molecular flexibility index (Phi) is 1.44. The van der Waals surface area contributed by atoms with Crippen LogP contribution in [-0.2, 0) is 6.54 Å². The van der Waals surface area contributed by atoms with Gasteiger partial charge in [0.2, 0.25) is 0 Å². The first-order valence-electron chi connectivity index (χ1n) is 3.55. The lowest BCUT2D eigenvalue weighted by Crippen LogP contribution is -2.37. The molecule has 1 aliphatic heterocycles. The average molecular weight is 165 g/mol. The molecule has 0 spiro atoms. The molecule has 5 heteroatoms. The highest BCUT2D eigenvalue weighted by Crippen LogP contribution is 2.23. The van der Waals surface area contributed by atoms with Crippen LogP contribution >= 0.6 is 0 Å². The van der Waals surface area contributed by atoms with E-state index in [9.17, 15) is 10.1 Å². The highest BCUT2D eigenvalue weighted by molar-refractivity contribution is 5.53. The van der Waals surface area contributed by atoms with Crippen LogP contribution in [0.15, 0.2) is 24.3 Å². The van der Waals surface area contributed by atoms with E-state index in [-0.39, 0.29) is 0 Å². The summed E-state index contributed by atoms with van der Waals surface area (Å²) < 4.78 is 0. The first kappa shape index (κ1) is 7.05. The third-order valence-electron chi connectivity index (χ3n) is 1.80. The van der Waals surface area contributed by atoms with Gasteiger partial charge in [-0.25, -0.2) is 10.1 Å². The van der Waals surface area contributed by atoms with Crippen molar-refractivity contribution in [3.63, 3.8) is 0 Å². The van der Waals surface area contributed by atoms with Gasteiger partial charge in [0, 0.05) is 6.54 Å². The van der Waals surface area contributed by atoms with Gasteiger partial charge in [0.1, 0.15) is 5.69 Å². The zero-order valence-electron chi connectivity index (χ0n) is 6.23. The first-order valence-corrected chi connectivity index (χ1v) is 3.55. The molecule has 0 amide bonds. The number of nitro groups is 1. The van der Waals surface area contributed by atoms with Gasteiger partial charge in [0.25, 0.3) is 0 Å². The summed E-state index contributed by atoms with van der Waals surface area (Å²) in [6, 6.07) is 7.23. The molecule has 12 heavy (non-hydrogen) atoms. The summed E-state index contributed by atoms with van der Waals surface area (Å²) in [6.45, 7) is 0.525. The Bertz CT molecular complexity index is 326. The second kappa shape index (κ2) is 2.46. The Morgan fingerprint density at radius 3 is 3.00 bits per heavy atom. The number of nitrogens with one attached hydrogen (secondary N) is 1. The zero-order chi connectivity index (χ0) is 8.55. The van der Waals surface area contributed by atoms with Crippen LogP contribution in [0.1, 0.15) is 5.56 Å². The van der Waals surface area contributed by atoms with E-state index in [1.807, 2.05) is 12.1 Å². The molecule has 0 atom stereocenters. The minimum atomic E-state index is -0.466. The molecule has 0 radical (unpaired) electrons. The van der Waals surface area contributed by atoms with E-state index < -0.39 is 5.03 Å². The molecule has 1 aliphatic rings. The molecule has 5 nitrogen and oxygen atoms in total. The average Bonchev–Trinajstić information content (AvgIpc) is 2.47. The summed E-state index contributed by atoms with van der Waals surface area (Å²) in [5.41, 5.74) is 4.24. The van der Waals surface area contributed by atoms with Crippen molar-refractivity contribution in [3.8, 4) is 0 Å². The summed E-state index contributed by atoms with van der Waals surface area (Å²) in [5, 5.41) is 10.9. The minimum Gasteiger partial charge on any atom is -0.233 e. The topological polar surface area (TPSA) is 58.4 Å². The van der Waals surface area contributed by atoms with Crippen molar-refractivity contribution in [3.05, 3.63) is 39.9 Å². The van der Waals surface area contributed by atoms with Crippen LogP contribution in [0.4, 0.5) is 5.69 Å². The molecule has 0 saturated carbocycles. The largest absolute Gasteiger partial charge is 0.233 e. The van der Waals surface area contributed by atoms with E-state index in [4.69, 9.17) is 0 Å². The molecule has 2 rings (SSSR count). The molecular weight excluding hydrogens is 158 g/mol. The number of hydrogen-bond donors (Lipinski definition) is 1. The van der Waals surface area contributed by atoms with E-state index in [0.717, 1.165) is 10.7 Å². The van der Waals surface area contributed by atoms with Crippen LogP contribution in [0.3, 0.4) is 0 Å². The highest BCUT2D eigenvalue weighted by atomic mass is 16.7. The third-order valence-corrected chi connectivity index (χ3v) is 1.80. The number of rotatable bonds is 1. The van der Waals surface area contributed by atoms with Gasteiger partial charge in [-0.15, -0.1) is 0 Å². The molecule has 1 N–H and O–H groups in total. The number of nitrogens with zero attached hydrogens (tertiary/aromatic N) is 2. The first-order chi connectivity index (χ1) is 5.79. The summed E-state index contributed by atoms with van der Waals surface area (Å²) >= 11 is 0. The van der Waals surface area contributed by atoms with Gasteiger partial charge in [-0.1, -0.05) is 18.2 Å². The monoisotopic (exact) mass is 165 g/mol.